The molecule has 1 aromatic heterocycles. The summed E-state index contributed by atoms with van der Waals surface area (Å²) in [5.74, 6) is 0.780. The number of amides is 1. The van der Waals surface area contributed by atoms with Crippen molar-refractivity contribution in [1.29, 1.82) is 0 Å². The topological polar surface area (TPSA) is 72.9 Å². The molecule has 0 bridgehead atoms. The van der Waals surface area contributed by atoms with Gasteiger partial charge in [0.05, 0.1) is 31.6 Å². The van der Waals surface area contributed by atoms with Crippen molar-refractivity contribution in [2.75, 3.05) is 37.8 Å². The molecule has 2 heterocycles. The first-order valence-electron chi connectivity index (χ1n) is 9.96. The number of nitrogens with one attached hydrogen (secondary N) is 1. The number of rotatable bonds is 8. The van der Waals surface area contributed by atoms with E-state index in [1.54, 1.807) is 11.3 Å². The van der Waals surface area contributed by atoms with E-state index in [1.165, 1.54) is 4.88 Å². The third-order valence-electron chi connectivity index (χ3n) is 4.45. The number of hydrogen-bond donors (Lipinski definition) is 1. The largest absolute Gasteiger partial charge is 0.493 e. The monoisotopic (exact) mass is 419 g/mol. The molecule has 2 aromatic rings. The second-order valence-electron chi connectivity index (χ2n) is 7.15. The fourth-order valence-corrected chi connectivity index (χ4v) is 3.98. The van der Waals surface area contributed by atoms with Gasteiger partial charge in [-0.2, -0.15) is 0 Å². The molecule has 1 amide bonds. The molecular weight excluding hydrogens is 390 g/mol. The molecule has 0 radical (unpaired) electrons. The van der Waals surface area contributed by atoms with Crippen LogP contribution in [0.25, 0.3) is 0 Å². The van der Waals surface area contributed by atoms with Crippen LogP contribution in [-0.4, -0.2) is 50.1 Å². The molecule has 0 saturated carbocycles. The lowest BCUT2D eigenvalue weighted by molar-refractivity contribution is 0.115. The van der Waals surface area contributed by atoms with E-state index >= 15 is 0 Å². The van der Waals surface area contributed by atoms with Gasteiger partial charge >= 0.3 is 6.09 Å². The van der Waals surface area contributed by atoms with Crippen molar-refractivity contribution in [3.05, 3.63) is 40.4 Å². The Balaban J connectivity index is 1.48. The number of hydrogen-bond acceptors (Lipinski definition) is 7. The molecule has 8 heteroatoms. The van der Waals surface area contributed by atoms with Crippen molar-refractivity contribution in [3.63, 3.8) is 0 Å². The summed E-state index contributed by atoms with van der Waals surface area (Å²) >= 11 is 1.73. The molecule has 0 spiro atoms. The van der Waals surface area contributed by atoms with E-state index in [0.717, 1.165) is 54.9 Å². The lowest BCUT2D eigenvalue weighted by atomic mass is 10.2. The molecular formula is C21H29N3O4S. The van der Waals surface area contributed by atoms with Gasteiger partial charge in [-0.15, -0.1) is 11.3 Å². The second kappa shape index (κ2) is 10.5. The summed E-state index contributed by atoms with van der Waals surface area (Å²) in [6.07, 6.45) is 0.208. The summed E-state index contributed by atoms with van der Waals surface area (Å²) in [6.45, 7) is 10.0. The van der Waals surface area contributed by atoms with E-state index in [1.807, 2.05) is 38.1 Å². The van der Waals surface area contributed by atoms with Gasteiger partial charge in [-0.05, 0) is 38.5 Å². The number of anilines is 1. The quantitative estimate of drug-likeness (QED) is 0.706. The van der Waals surface area contributed by atoms with Crippen molar-refractivity contribution in [3.8, 4) is 5.75 Å². The van der Waals surface area contributed by atoms with Gasteiger partial charge in [0.25, 0.3) is 0 Å². The zero-order valence-electron chi connectivity index (χ0n) is 17.3. The Morgan fingerprint density at radius 3 is 2.90 bits per heavy atom. The third kappa shape index (κ3) is 6.61. The van der Waals surface area contributed by atoms with E-state index in [2.05, 4.69) is 17.1 Å². The maximum Gasteiger partial charge on any atom is 0.407 e. The molecule has 1 fully saturated rings. The molecule has 0 unspecified atom stereocenters. The fraction of sp³-hybridized carbons (Fsp3) is 0.524. The molecule has 0 aliphatic carbocycles. The number of aryl methyl sites for hydroxylation is 1. The van der Waals surface area contributed by atoms with E-state index in [0.29, 0.717) is 13.2 Å². The fourth-order valence-electron chi connectivity index (χ4n) is 2.98. The summed E-state index contributed by atoms with van der Waals surface area (Å²) in [5, 5.41) is 3.81. The first kappa shape index (κ1) is 21.4. The summed E-state index contributed by atoms with van der Waals surface area (Å²) in [4.78, 5) is 19.9. The van der Waals surface area contributed by atoms with Crippen LogP contribution in [0.2, 0.25) is 0 Å². The molecule has 1 aliphatic heterocycles. The number of aromatic nitrogens is 1. The zero-order chi connectivity index (χ0) is 20.6. The van der Waals surface area contributed by atoms with Crippen molar-refractivity contribution in [2.24, 2.45) is 0 Å². The normalized spacial score (nSPS) is 14.1. The molecule has 29 heavy (non-hydrogen) atoms. The Morgan fingerprint density at radius 1 is 1.34 bits per heavy atom. The zero-order valence-corrected chi connectivity index (χ0v) is 18.1. The number of nitrogens with zero attached hydrogens (tertiary/aromatic N) is 2. The van der Waals surface area contributed by atoms with Crippen molar-refractivity contribution < 1.29 is 19.0 Å². The van der Waals surface area contributed by atoms with Gasteiger partial charge < -0.3 is 24.4 Å². The molecule has 1 N–H and O–H groups in total. The lowest BCUT2D eigenvalue weighted by Gasteiger charge is -2.26. The van der Waals surface area contributed by atoms with Gasteiger partial charge in [0, 0.05) is 30.9 Å². The summed E-state index contributed by atoms with van der Waals surface area (Å²) < 4.78 is 16.4. The van der Waals surface area contributed by atoms with Gasteiger partial charge in [-0.25, -0.2) is 9.78 Å². The molecule has 1 aliphatic rings. The van der Waals surface area contributed by atoms with E-state index in [9.17, 15) is 4.79 Å². The first-order chi connectivity index (χ1) is 14.0. The van der Waals surface area contributed by atoms with Crippen LogP contribution in [0, 0.1) is 6.92 Å². The minimum atomic E-state index is -0.415. The molecule has 7 nitrogen and oxygen atoms in total. The van der Waals surface area contributed by atoms with E-state index < -0.39 is 6.09 Å². The number of alkyl carbamates (subject to hydrolysis) is 1. The minimum absolute atomic E-state index is 0.136. The van der Waals surface area contributed by atoms with Crippen molar-refractivity contribution in [2.45, 2.75) is 39.8 Å². The van der Waals surface area contributed by atoms with Crippen LogP contribution in [0.3, 0.4) is 0 Å². The Labute approximate surface area is 176 Å². The summed E-state index contributed by atoms with van der Waals surface area (Å²) in [7, 11) is 0. The number of benzene rings is 1. The van der Waals surface area contributed by atoms with Gasteiger partial charge in [0.1, 0.15) is 5.75 Å². The van der Waals surface area contributed by atoms with Crippen LogP contribution in [-0.2, 0) is 22.4 Å². The Bertz CT molecular complexity index is 803. The number of morpholine rings is 1. The molecule has 1 aromatic carbocycles. The molecule has 0 atom stereocenters. The second-order valence-corrected chi connectivity index (χ2v) is 8.33. The average Bonchev–Trinajstić information content (AvgIpc) is 3.08. The SMILES string of the molecule is Cc1sc(N2CCOCC2)nc1CCOc1cccc(CNC(=O)OC(C)C)c1. The Kier molecular flexibility index (Phi) is 7.71. The van der Waals surface area contributed by atoms with Crippen molar-refractivity contribution in [1.82, 2.24) is 10.3 Å². The Morgan fingerprint density at radius 2 is 2.14 bits per heavy atom. The van der Waals surface area contributed by atoms with Gasteiger partial charge in [0.2, 0.25) is 0 Å². The number of ether oxygens (including phenoxy) is 3. The lowest BCUT2D eigenvalue weighted by Crippen LogP contribution is -2.36. The van der Waals surface area contributed by atoms with Gasteiger partial charge in [-0.1, -0.05) is 12.1 Å². The maximum absolute atomic E-state index is 11.6. The Hall–Kier alpha value is -2.32. The molecule has 3 rings (SSSR count). The highest BCUT2D eigenvalue weighted by molar-refractivity contribution is 7.15. The average molecular weight is 420 g/mol. The standard InChI is InChI=1S/C21H29N3O4S/c1-15(2)28-21(25)22-14-17-5-4-6-18(13-17)27-10-7-19-16(3)29-20(23-19)24-8-11-26-12-9-24/h4-6,13,15H,7-12,14H2,1-3H3,(H,22,25). The smallest absolute Gasteiger partial charge is 0.407 e. The van der Waals surface area contributed by atoms with E-state index in [4.69, 9.17) is 19.2 Å². The highest BCUT2D eigenvalue weighted by Crippen LogP contribution is 2.26. The van der Waals surface area contributed by atoms with Crippen LogP contribution >= 0.6 is 11.3 Å². The van der Waals surface area contributed by atoms with Crippen LogP contribution in [0.5, 0.6) is 5.75 Å². The minimum Gasteiger partial charge on any atom is -0.493 e. The highest BCUT2D eigenvalue weighted by atomic mass is 32.1. The third-order valence-corrected chi connectivity index (χ3v) is 5.52. The number of carbonyl (C=O) groups excluding carboxylic acids is 1. The van der Waals surface area contributed by atoms with Gasteiger partial charge in [-0.3, -0.25) is 0 Å². The number of thiazole rings is 1. The molecule has 1 saturated heterocycles. The van der Waals surface area contributed by atoms with Crippen LogP contribution in [0.1, 0.15) is 30.0 Å². The predicted octanol–water partition coefficient (Wildman–Crippen LogP) is 3.54. The summed E-state index contributed by atoms with van der Waals surface area (Å²) in [5.41, 5.74) is 2.05. The van der Waals surface area contributed by atoms with Crippen LogP contribution in [0.4, 0.5) is 9.93 Å². The maximum atomic E-state index is 11.6. The number of carbonyl (C=O) groups is 1. The predicted molar refractivity (Wildman–Crippen MR) is 114 cm³/mol. The van der Waals surface area contributed by atoms with Crippen molar-refractivity contribution >= 4 is 22.6 Å². The molecule has 158 valence electrons. The van der Waals surface area contributed by atoms with E-state index in [-0.39, 0.29) is 6.10 Å². The van der Waals surface area contributed by atoms with Crippen LogP contribution in [0.15, 0.2) is 24.3 Å². The highest BCUT2D eigenvalue weighted by Gasteiger charge is 2.16. The first-order valence-corrected chi connectivity index (χ1v) is 10.8. The van der Waals surface area contributed by atoms with Crippen LogP contribution < -0.4 is 15.0 Å². The van der Waals surface area contributed by atoms with Gasteiger partial charge in [0.15, 0.2) is 5.13 Å². The summed E-state index contributed by atoms with van der Waals surface area (Å²) in [6, 6.07) is 7.72.